The zero-order chi connectivity index (χ0) is 20.3. The van der Waals surface area contributed by atoms with Gasteiger partial charge in [0.05, 0.1) is 11.6 Å². The number of hydrogen-bond acceptors (Lipinski definition) is 3. The van der Waals surface area contributed by atoms with E-state index in [0.29, 0.717) is 5.56 Å². The fraction of sp³-hybridized carbons (Fsp3) is 0.150. The number of amides is 1. The molecule has 1 aromatic heterocycles. The molecule has 0 bridgehead atoms. The third-order valence-corrected chi connectivity index (χ3v) is 4.10. The van der Waals surface area contributed by atoms with Crippen molar-refractivity contribution in [3.05, 3.63) is 87.8 Å². The van der Waals surface area contributed by atoms with Crippen LogP contribution in [0.4, 0.5) is 13.2 Å². The van der Waals surface area contributed by atoms with Crippen LogP contribution in [0.2, 0.25) is 0 Å². The Hall–Kier alpha value is -3.42. The number of H-pyrrole nitrogens is 1. The molecule has 144 valence electrons. The van der Waals surface area contributed by atoms with Crippen molar-refractivity contribution >= 4 is 5.91 Å². The number of nitrogens with one attached hydrogen (secondary N) is 2. The molecule has 28 heavy (non-hydrogen) atoms. The molecule has 3 rings (SSSR count). The van der Waals surface area contributed by atoms with Gasteiger partial charge in [-0.1, -0.05) is 48.5 Å². The maximum absolute atomic E-state index is 13.2. The third-order valence-electron chi connectivity index (χ3n) is 4.10. The summed E-state index contributed by atoms with van der Waals surface area (Å²) in [7, 11) is 0. The number of carbonyl (C=O) groups excluding carboxylic acids is 1. The van der Waals surface area contributed by atoms with Gasteiger partial charge in [0.1, 0.15) is 11.5 Å². The Morgan fingerprint density at radius 1 is 1.07 bits per heavy atom. The number of aromatic amines is 1. The molecule has 0 radical (unpaired) electrons. The zero-order valence-electron chi connectivity index (χ0n) is 14.7. The summed E-state index contributed by atoms with van der Waals surface area (Å²) < 4.78 is 39.6. The summed E-state index contributed by atoms with van der Waals surface area (Å²) in [6, 6.07) is 13.8. The van der Waals surface area contributed by atoms with Crippen molar-refractivity contribution in [2.75, 3.05) is 0 Å². The number of nitrogens with zero attached hydrogens (tertiary/aromatic N) is 1. The van der Waals surface area contributed by atoms with Gasteiger partial charge in [0.25, 0.3) is 11.5 Å². The number of halogens is 3. The molecule has 0 saturated carbocycles. The third kappa shape index (κ3) is 4.28. The van der Waals surface area contributed by atoms with E-state index in [-0.39, 0.29) is 17.1 Å². The molecular weight excluding hydrogens is 371 g/mol. The Kier molecular flexibility index (Phi) is 5.30. The highest BCUT2D eigenvalue weighted by Gasteiger charge is 2.34. The van der Waals surface area contributed by atoms with Crippen molar-refractivity contribution in [1.82, 2.24) is 15.3 Å². The lowest BCUT2D eigenvalue weighted by molar-refractivity contribution is -0.138. The molecule has 5 nitrogen and oxygen atoms in total. The molecule has 2 N–H and O–H groups in total. The quantitative estimate of drug-likeness (QED) is 0.712. The molecule has 1 unspecified atom stereocenters. The second kappa shape index (κ2) is 7.67. The van der Waals surface area contributed by atoms with Crippen molar-refractivity contribution in [3.63, 3.8) is 0 Å². The van der Waals surface area contributed by atoms with E-state index in [4.69, 9.17) is 0 Å². The molecule has 3 aromatic rings. The topological polar surface area (TPSA) is 74.8 Å². The van der Waals surface area contributed by atoms with Gasteiger partial charge in [-0.25, -0.2) is 4.98 Å². The summed E-state index contributed by atoms with van der Waals surface area (Å²) in [6.07, 6.45) is -4.54. The van der Waals surface area contributed by atoms with Gasteiger partial charge in [0.2, 0.25) is 0 Å². The Balaban J connectivity index is 1.88. The van der Waals surface area contributed by atoms with E-state index in [1.54, 1.807) is 30.3 Å². The molecule has 0 aliphatic carbocycles. The van der Waals surface area contributed by atoms with Crippen LogP contribution in [0, 0.1) is 0 Å². The summed E-state index contributed by atoms with van der Waals surface area (Å²) in [5.41, 5.74) is -1.02. The average molecular weight is 387 g/mol. The summed E-state index contributed by atoms with van der Waals surface area (Å²) in [5.74, 6) is -0.547. The molecule has 0 aliphatic heterocycles. The van der Waals surface area contributed by atoms with E-state index < -0.39 is 29.2 Å². The first-order valence-corrected chi connectivity index (χ1v) is 8.39. The van der Waals surface area contributed by atoms with Gasteiger partial charge in [-0.2, -0.15) is 13.2 Å². The molecule has 0 fully saturated rings. The summed E-state index contributed by atoms with van der Waals surface area (Å²) in [6.45, 7) is 1.44. The lowest BCUT2D eigenvalue weighted by Crippen LogP contribution is -2.30. The highest BCUT2D eigenvalue weighted by Crippen LogP contribution is 2.34. The second-order valence-electron chi connectivity index (χ2n) is 6.13. The van der Waals surface area contributed by atoms with Crippen molar-refractivity contribution in [1.29, 1.82) is 0 Å². The van der Waals surface area contributed by atoms with Crippen molar-refractivity contribution in [2.24, 2.45) is 0 Å². The summed E-state index contributed by atoms with van der Waals surface area (Å²) >= 11 is 0. The van der Waals surface area contributed by atoms with Crippen molar-refractivity contribution in [3.8, 4) is 11.4 Å². The summed E-state index contributed by atoms with van der Waals surface area (Å²) in [4.78, 5) is 31.1. The van der Waals surface area contributed by atoms with Crippen LogP contribution in [-0.2, 0) is 6.18 Å². The fourth-order valence-electron chi connectivity index (χ4n) is 2.79. The number of carbonyl (C=O) groups is 1. The second-order valence-corrected chi connectivity index (χ2v) is 6.13. The predicted octanol–water partition coefficient (Wildman–Crippen LogP) is 3.95. The molecule has 0 aliphatic rings. The molecule has 1 heterocycles. The fourth-order valence-corrected chi connectivity index (χ4v) is 2.79. The van der Waals surface area contributed by atoms with Gasteiger partial charge in [0, 0.05) is 11.6 Å². The summed E-state index contributed by atoms with van der Waals surface area (Å²) in [5, 5.41) is 2.48. The molecule has 1 atom stereocenters. The number of aromatic nitrogens is 2. The predicted molar refractivity (Wildman–Crippen MR) is 97.6 cm³/mol. The molecular formula is C20H16F3N3O2. The van der Waals surface area contributed by atoms with Crippen LogP contribution in [0.25, 0.3) is 11.4 Å². The minimum absolute atomic E-state index is 0.0727. The SMILES string of the molecule is CC(NC(=O)c1cc(=O)[nH]c(-c2ccccc2)n1)c1ccccc1C(F)(F)F. The monoisotopic (exact) mass is 387 g/mol. The lowest BCUT2D eigenvalue weighted by atomic mass is 10.0. The Labute approximate surface area is 158 Å². The van der Waals surface area contributed by atoms with Crippen LogP contribution in [-0.4, -0.2) is 15.9 Å². The van der Waals surface area contributed by atoms with Crippen LogP contribution in [0.15, 0.2) is 65.5 Å². The highest BCUT2D eigenvalue weighted by molar-refractivity contribution is 5.92. The first-order chi connectivity index (χ1) is 13.3. The zero-order valence-corrected chi connectivity index (χ0v) is 14.7. The standard InChI is InChI=1S/C20H16F3N3O2/c1-12(14-9-5-6-10-15(14)20(21,22)23)24-19(28)16-11-17(27)26-18(25-16)13-7-3-2-4-8-13/h2-12H,1H3,(H,24,28)(H,25,26,27). The molecule has 1 amide bonds. The van der Waals surface area contributed by atoms with E-state index in [1.165, 1.54) is 25.1 Å². The van der Waals surface area contributed by atoms with Gasteiger partial charge in [-0.15, -0.1) is 0 Å². The highest BCUT2D eigenvalue weighted by atomic mass is 19.4. The van der Waals surface area contributed by atoms with Gasteiger partial charge < -0.3 is 10.3 Å². The van der Waals surface area contributed by atoms with E-state index in [2.05, 4.69) is 15.3 Å². The smallest absolute Gasteiger partial charge is 0.344 e. The van der Waals surface area contributed by atoms with Crippen LogP contribution in [0.1, 0.15) is 34.6 Å². The Morgan fingerprint density at radius 2 is 1.71 bits per heavy atom. The molecule has 8 heteroatoms. The first-order valence-electron chi connectivity index (χ1n) is 8.39. The van der Waals surface area contributed by atoms with Gasteiger partial charge in [-0.3, -0.25) is 9.59 Å². The molecule has 2 aromatic carbocycles. The number of benzene rings is 2. The first kappa shape index (κ1) is 19.3. The minimum Gasteiger partial charge on any atom is -0.344 e. The maximum Gasteiger partial charge on any atom is 0.416 e. The van der Waals surface area contributed by atoms with Crippen LogP contribution in [0.3, 0.4) is 0 Å². The number of rotatable bonds is 4. The largest absolute Gasteiger partial charge is 0.416 e. The van der Waals surface area contributed by atoms with Crippen molar-refractivity contribution < 1.29 is 18.0 Å². The van der Waals surface area contributed by atoms with E-state index >= 15 is 0 Å². The maximum atomic E-state index is 13.2. The molecule has 0 saturated heterocycles. The van der Waals surface area contributed by atoms with Gasteiger partial charge >= 0.3 is 6.18 Å². The van der Waals surface area contributed by atoms with Crippen LogP contribution < -0.4 is 10.9 Å². The van der Waals surface area contributed by atoms with Gasteiger partial charge in [0.15, 0.2) is 0 Å². The number of hydrogen-bond donors (Lipinski definition) is 2. The van der Waals surface area contributed by atoms with Crippen LogP contribution >= 0.6 is 0 Å². The Bertz CT molecular complexity index is 1050. The van der Waals surface area contributed by atoms with E-state index in [0.717, 1.165) is 12.1 Å². The Morgan fingerprint density at radius 3 is 2.39 bits per heavy atom. The average Bonchev–Trinajstić information content (AvgIpc) is 2.67. The molecule has 0 spiro atoms. The number of alkyl halides is 3. The van der Waals surface area contributed by atoms with Crippen molar-refractivity contribution in [2.45, 2.75) is 19.1 Å². The van der Waals surface area contributed by atoms with E-state index in [9.17, 15) is 22.8 Å². The van der Waals surface area contributed by atoms with Gasteiger partial charge in [-0.05, 0) is 18.6 Å². The minimum atomic E-state index is -4.54. The van der Waals surface area contributed by atoms with Crippen LogP contribution in [0.5, 0.6) is 0 Å². The normalized spacial score (nSPS) is 12.4. The lowest BCUT2D eigenvalue weighted by Gasteiger charge is -2.19. The van der Waals surface area contributed by atoms with E-state index in [1.807, 2.05) is 0 Å².